The third-order valence-electron chi connectivity index (χ3n) is 5.40. The summed E-state index contributed by atoms with van der Waals surface area (Å²) in [5, 5.41) is 6.79. The van der Waals surface area contributed by atoms with E-state index in [9.17, 15) is 14.0 Å². The maximum atomic E-state index is 13.3. The van der Waals surface area contributed by atoms with E-state index in [1.54, 1.807) is 9.58 Å². The number of carbonyl (C=O) groups excluding carboxylic acids is 2. The first-order valence-electron chi connectivity index (χ1n) is 10.3. The average Bonchev–Trinajstić information content (AvgIpc) is 3.13. The third-order valence-corrected chi connectivity index (χ3v) is 5.69. The first kappa shape index (κ1) is 21.8. The quantitative estimate of drug-likeness (QED) is 0.638. The van der Waals surface area contributed by atoms with E-state index < -0.39 is 5.82 Å². The van der Waals surface area contributed by atoms with Gasteiger partial charge in [-0.25, -0.2) is 4.39 Å². The molecule has 2 amide bonds. The van der Waals surface area contributed by atoms with Crippen LogP contribution < -0.4 is 10.2 Å². The zero-order valence-corrected chi connectivity index (χ0v) is 18.3. The number of nitrogens with one attached hydrogen (secondary N) is 1. The Morgan fingerprint density at radius 3 is 2.59 bits per heavy atom. The van der Waals surface area contributed by atoms with Crippen LogP contribution in [-0.2, 0) is 16.6 Å². The molecule has 0 saturated carbocycles. The third kappa shape index (κ3) is 5.08. The van der Waals surface area contributed by atoms with Crippen LogP contribution >= 0.6 is 11.6 Å². The first-order valence-corrected chi connectivity index (χ1v) is 10.6. The number of anilines is 2. The number of rotatable bonds is 5. The van der Waals surface area contributed by atoms with Gasteiger partial charge in [0.05, 0.1) is 17.8 Å². The van der Waals surface area contributed by atoms with E-state index in [1.807, 2.05) is 43.7 Å². The lowest BCUT2D eigenvalue weighted by atomic mass is 10.1. The van der Waals surface area contributed by atoms with Gasteiger partial charge in [0.25, 0.3) is 0 Å². The minimum absolute atomic E-state index is 0.0678. The van der Waals surface area contributed by atoms with E-state index >= 15 is 0 Å². The number of nitrogens with zero attached hydrogens (tertiary/aromatic N) is 4. The number of hydrogen-bond acceptors (Lipinski definition) is 4. The van der Waals surface area contributed by atoms with Gasteiger partial charge in [0, 0.05) is 56.2 Å². The van der Waals surface area contributed by atoms with Crippen molar-refractivity contribution in [3.05, 3.63) is 65.7 Å². The van der Waals surface area contributed by atoms with Crippen LogP contribution in [0.2, 0.25) is 5.02 Å². The van der Waals surface area contributed by atoms with Gasteiger partial charge >= 0.3 is 0 Å². The van der Waals surface area contributed by atoms with E-state index in [0.717, 1.165) is 16.8 Å². The molecule has 1 fully saturated rings. The Labute approximate surface area is 190 Å². The van der Waals surface area contributed by atoms with Crippen LogP contribution in [-0.4, -0.2) is 52.7 Å². The van der Waals surface area contributed by atoms with E-state index in [0.29, 0.717) is 31.7 Å². The molecule has 4 rings (SSSR count). The van der Waals surface area contributed by atoms with Crippen molar-refractivity contribution >= 4 is 34.8 Å². The van der Waals surface area contributed by atoms with Crippen LogP contribution in [0.3, 0.4) is 0 Å². The minimum Gasteiger partial charge on any atom is -0.369 e. The van der Waals surface area contributed by atoms with Crippen LogP contribution in [0.4, 0.5) is 15.8 Å². The highest BCUT2D eigenvalue weighted by molar-refractivity contribution is 6.31. The SMILES string of the molecule is Cn1cc(-c2ccc(N3CCC(=O)N(CC(=O)Nc4ccc(F)c(Cl)c4)CC3)cc2)cn1. The second-order valence-corrected chi connectivity index (χ2v) is 8.09. The van der Waals surface area contributed by atoms with Gasteiger partial charge < -0.3 is 15.1 Å². The molecule has 1 N–H and O–H groups in total. The molecule has 2 aromatic carbocycles. The number of halogens is 2. The molecule has 1 saturated heterocycles. The van der Waals surface area contributed by atoms with Gasteiger partial charge in [-0.2, -0.15) is 5.10 Å². The lowest BCUT2D eigenvalue weighted by molar-refractivity contribution is -0.133. The summed E-state index contributed by atoms with van der Waals surface area (Å²) in [6.45, 7) is 1.56. The Bertz CT molecular complexity index is 1130. The van der Waals surface area contributed by atoms with Crippen LogP contribution in [0.5, 0.6) is 0 Å². The molecule has 2 heterocycles. The lowest BCUT2D eigenvalue weighted by Gasteiger charge is -2.23. The minimum atomic E-state index is -0.555. The molecule has 0 aliphatic carbocycles. The summed E-state index contributed by atoms with van der Waals surface area (Å²) in [6, 6.07) is 12.1. The topological polar surface area (TPSA) is 70.5 Å². The Morgan fingerprint density at radius 2 is 1.91 bits per heavy atom. The number of carbonyl (C=O) groups is 2. The lowest BCUT2D eigenvalue weighted by Crippen LogP contribution is -2.39. The molecule has 1 aromatic heterocycles. The van der Waals surface area contributed by atoms with Crippen molar-refractivity contribution in [2.45, 2.75) is 6.42 Å². The van der Waals surface area contributed by atoms with E-state index in [2.05, 4.69) is 15.3 Å². The monoisotopic (exact) mass is 455 g/mol. The Balaban J connectivity index is 1.36. The Kier molecular flexibility index (Phi) is 6.41. The molecule has 9 heteroatoms. The average molecular weight is 456 g/mol. The molecule has 3 aromatic rings. The molecule has 0 spiro atoms. The molecular formula is C23H23ClFN5O2. The molecule has 0 atom stereocenters. The van der Waals surface area contributed by atoms with Crippen LogP contribution in [0.15, 0.2) is 54.9 Å². The van der Waals surface area contributed by atoms with Gasteiger partial charge in [-0.1, -0.05) is 23.7 Å². The number of aryl methyl sites for hydroxylation is 1. The van der Waals surface area contributed by atoms with E-state index in [-0.39, 0.29) is 23.4 Å². The summed E-state index contributed by atoms with van der Waals surface area (Å²) in [7, 11) is 1.88. The zero-order valence-electron chi connectivity index (χ0n) is 17.6. The van der Waals surface area contributed by atoms with E-state index in [4.69, 9.17) is 11.6 Å². The molecule has 32 heavy (non-hydrogen) atoms. The summed E-state index contributed by atoms with van der Waals surface area (Å²) in [5.41, 5.74) is 3.54. The molecule has 0 bridgehead atoms. The maximum absolute atomic E-state index is 13.3. The number of aromatic nitrogens is 2. The van der Waals surface area contributed by atoms with Gasteiger partial charge in [-0.15, -0.1) is 0 Å². The van der Waals surface area contributed by atoms with Crippen LogP contribution in [0, 0.1) is 5.82 Å². The Hall–Kier alpha value is -3.39. The number of benzene rings is 2. The van der Waals surface area contributed by atoms with Crippen molar-refractivity contribution in [1.82, 2.24) is 14.7 Å². The van der Waals surface area contributed by atoms with Crippen LogP contribution in [0.25, 0.3) is 11.1 Å². The number of hydrogen-bond donors (Lipinski definition) is 1. The van der Waals surface area contributed by atoms with Crippen molar-refractivity contribution in [3.63, 3.8) is 0 Å². The molecular weight excluding hydrogens is 433 g/mol. The fraction of sp³-hybridized carbons (Fsp3) is 0.261. The molecule has 1 aliphatic heterocycles. The van der Waals surface area contributed by atoms with Gasteiger partial charge in [-0.3, -0.25) is 14.3 Å². The zero-order chi connectivity index (χ0) is 22.7. The number of amides is 2. The highest BCUT2D eigenvalue weighted by atomic mass is 35.5. The predicted octanol–water partition coefficient (Wildman–Crippen LogP) is 3.56. The second kappa shape index (κ2) is 9.40. The maximum Gasteiger partial charge on any atom is 0.243 e. The molecule has 0 unspecified atom stereocenters. The van der Waals surface area contributed by atoms with Crippen LogP contribution in [0.1, 0.15) is 6.42 Å². The van der Waals surface area contributed by atoms with Crippen molar-refractivity contribution in [2.24, 2.45) is 7.05 Å². The summed E-state index contributed by atoms with van der Waals surface area (Å²) in [6.07, 6.45) is 4.10. The smallest absolute Gasteiger partial charge is 0.243 e. The summed E-state index contributed by atoms with van der Waals surface area (Å²) in [5.74, 6) is -0.983. The van der Waals surface area contributed by atoms with Crippen molar-refractivity contribution in [3.8, 4) is 11.1 Å². The van der Waals surface area contributed by atoms with Gasteiger partial charge in [0.15, 0.2) is 0 Å². The molecule has 7 nitrogen and oxygen atoms in total. The van der Waals surface area contributed by atoms with E-state index in [1.165, 1.54) is 18.2 Å². The van der Waals surface area contributed by atoms with Crippen molar-refractivity contribution < 1.29 is 14.0 Å². The molecule has 1 aliphatic rings. The van der Waals surface area contributed by atoms with Gasteiger partial charge in [0.2, 0.25) is 11.8 Å². The van der Waals surface area contributed by atoms with Gasteiger partial charge in [-0.05, 0) is 35.9 Å². The Morgan fingerprint density at radius 1 is 1.12 bits per heavy atom. The summed E-state index contributed by atoms with van der Waals surface area (Å²) < 4.78 is 15.0. The first-order chi connectivity index (χ1) is 15.4. The highest BCUT2D eigenvalue weighted by Gasteiger charge is 2.23. The normalized spacial score (nSPS) is 14.4. The second-order valence-electron chi connectivity index (χ2n) is 7.68. The molecule has 166 valence electrons. The summed E-state index contributed by atoms with van der Waals surface area (Å²) in [4.78, 5) is 28.6. The van der Waals surface area contributed by atoms with Gasteiger partial charge in [0.1, 0.15) is 5.82 Å². The largest absolute Gasteiger partial charge is 0.369 e. The fourth-order valence-electron chi connectivity index (χ4n) is 3.67. The summed E-state index contributed by atoms with van der Waals surface area (Å²) >= 11 is 5.75. The van der Waals surface area contributed by atoms with Crippen molar-refractivity contribution in [2.75, 3.05) is 36.4 Å². The molecule has 0 radical (unpaired) electrons. The fourth-order valence-corrected chi connectivity index (χ4v) is 3.86. The highest BCUT2D eigenvalue weighted by Crippen LogP contribution is 2.24. The van der Waals surface area contributed by atoms with Crippen molar-refractivity contribution in [1.29, 1.82) is 0 Å². The standard InChI is InChI=1S/C23H23ClFN5O2/c1-28-14-17(13-26-28)16-2-5-19(6-3-16)29-9-8-23(32)30(11-10-29)15-22(31)27-18-4-7-21(25)20(24)12-18/h2-7,12-14H,8-11,15H2,1H3,(H,27,31). The predicted molar refractivity (Wildman–Crippen MR) is 122 cm³/mol.